The molecule has 0 unspecified atom stereocenters. The van der Waals surface area contributed by atoms with E-state index >= 15 is 0 Å². The van der Waals surface area contributed by atoms with Crippen LogP contribution in [0.4, 0.5) is 0 Å². The SMILES string of the molecule is COCCN(C(C)C)S(=O)(=O)c1[nH]ncc1CN. The molecule has 0 amide bonds. The number of H-pyrrole nitrogens is 1. The Morgan fingerprint density at radius 2 is 2.22 bits per heavy atom. The number of sulfonamides is 1. The Morgan fingerprint density at radius 1 is 1.56 bits per heavy atom. The highest BCUT2D eigenvalue weighted by atomic mass is 32.2. The third-order valence-electron chi connectivity index (χ3n) is 2.56. The third-order valence-corrected chi connectivity index (χ3v) is 4.65. The zero-order valence-corrected chi connectivity index (χ0v) is 11.7. The largest absolute Gasteiger partial charge is 0.383 e. The summed E-state index contributed by atoms with van der Waals surface area (Å²) < 4.78 is 31.2. The monoisotopic (exact) mass is 276 g/mol. The van der Waals surface area contributed by atoms with E-state index in [0.29, 0.717) is 18.7 Å². The summed E-state index contributed by atoms with van der Waals surface area (Å²) in [5, 5.41) is 6.31. The van der Waals surface area contributed by atoms with Crippen molar-refractivity contribution < 1.29 is 13.2 Å². The number of rotatable bonds is 7. The molecule has 0 radical (unpaired) electrons. The first kappa shape index (κ1) is 15.1. The van der Waals surface area contributed by atoms with Gasteiger partial charge in [-0.3, -0.25) is 5.10 Å². The van der Waals surface area contributed by atoms with Crippen molar-refractivity contribution in [2.24, 2.45) is 5.73 Å². The lowest BCUT2D eigenvalue weighted by molar-refractivity contribution is 0.170. The van der Waals surface area contributed by atoms with Crippen molar-refractivity contribution in [1.29, 1.82) is 0 Å². The standard InChI is InChI=1S/C10H20N4O3S/c1-8(2)14(4-5-17-3)18(15,16)10-9(6-11)7-12-13-10/h7-8H,4-6,11H2,1-3H3,(H,12,13). The van der Waals surface area contributed by atoms with Crippen LogP contribution < -0.4 is 5.73 Å². The van der Waals surface area contributed by atoms with Gasteiger partial charge in [0.15, 0.2) is 5.03 Å². The number of hydrogen-bond acceptors (Lipinski definition) is 5. The van der Waals surface area contributed by atoms with E-state index < -0.39 is 10.0 Å². The molecule has 1 rings (SSSR count). The van der Waals surface area contributed by atoms with Gasteiger partial charge in [0.1, 0.15) is 0 Å². The first-order chi connectivity index (χ1) is 8.45. The Bertz CT molecular complexity index is 469. The summed E-state index contributed by atoms with van der Waals surface area (Å²) in [4.78, 5) is 0. The van der Waals surface area contributed by atoms with E-state index in [1.165, 1.54) is 17.6 Å². The maximum Gasteiger partial charge on any atom is 0.260 e. The lowest BCUT2D eigenvalue weighted by Crippen LogP contribution is -2.39. The molecule has 0 aliphatic carbocycles. The molecule has 18 heavy (non-hydrogen) atoms. The van der Waals surface area contributed by atoms with Crippen molar-refractivity contribution >= 4 is 10.0 Å². The molecule has 1 aromatic rings. The Morgan fingerprint density at radius 3 is 2.72 bits per heavy atom. The van der Waals surface area contributed by atoms with Crippen LogP contribution in [0.25, 0.3) is 0 Å². The number of aromatic nitrogens is 2. The quantitative estimate of drug-likeness (QED) is 0.725. The van der Waals surface area contributed by atoms with Gasteiger partial charge in [0.2, 0.25) is 0 Å². The van der Waals surface area contributed by atoms with Crippen molar-refractivity contribution in [3.8, 4) is 0 Å². The molecule has 1 heterocycles. The Hall–Kier alpha value is -0.960. The molecule has 0 aliphatic rings. The number of hydrogen-bond donors (Lipinski definition) is 2. The molecule has 104 valence electrons. The fraction of sp³-hybridized carbons (Fsp3) is 0.700. The zero-order chi connectivity index (χ0) is 13.8. The lowest BCUT2D eigenvalue weighted by atomic mass is 10.4. The number of ether oxygens (including phenoxy) is 1. The lowest BCUT2D eigenvalue weighted by Gasteiger charge is -2.25. The van der Waals surface area contributed by atoms with Crippen molar-refractivity contribution in [1.82, 2.24) is 14.5 Å². The topological polar surface area (TPSA) is 101 Å². The molecule has 0 fully saturated rings. The van der Waals surface area contributed by atoms with E-state index in [1.807, 2.05) is 13.8 Å². The summed E-state index contributed by atoms with van der Waals surface area (Å²) in [7, 11) is -2.08. The highest BCUT2D eigenvalue weighted by molar-refractivity contribution is 7.89. The maximum absolute atomic E-state index is 12.5. The fourth-order valence-electron chi connectivity index (χ4n) is 1.62. The predicted molar refractivity (Wildman–Crippen MR) is 67.4 cm³/mol. The number of nitrogens with zero attached hydrogens (tertiary/aromatic N) is 2. The molecule has 1 aromatic heterocycles. The second-order valence-corrected chi connectivity index (χ2v) is 5.96. The Balaban J connectivity index is 3.09. The summed E-state index contributed by atoms with van der Waals surface area (Å²) in [6, 6.07) is -0.168. The normalized spacial score (nSPS) is 12.6. The minimum Gasteiger partial charge on any atom is -0.383 e. The zero-order valence-electron chi connectivity index (χ0n) is 10.9. The highest BCUT2D eigenvalue weighted by Crippen LogP contribution is 2.19. The van der Waals surface area contributed by atoms with E-state index in [9.17, 15) is 8.42 Å². The smallest absolute Gasteiger partial charge is 0.260 e. The minimum atomic E-state index is -3.62. The molecule has 7 nitrogen and oxygen atoms in total. The predicted octanol–water partition coefficient (Wildman–Crippen LogP) is -0.0861. The molecule has 0 aliphatic heterocycles. The highest BCUT2D eigenvalue weighted by Gasteiger charge is 2.30. The van der Waals surface area contributed by atoms with Gasteiger partial charge in [0, 0.05) is 31.8 Å². The van der Waals surface area contributed by atoms with Crippen molar-refractivity contribution in [2.75, 3.05) is 20.3 Å². The summed E-state index contributed by atoms with van der Waals surface area (Å²) >= 11 is 0. The second kappa shape index (κ2) is 6.28. The molecule has 0 aromatic carbocycles. The van der Waals surface area contributed by atoms with Gasteiger partial charge < -0.3 is 10.5 Å². The van der Waals surface area contributed by atoms with Crippen LogP contribution in [0.1, 0.15) is 19.4 Å². The van der Waals surface area contributed by atoms with E-state index in [4.69, 9.17) is 10.5 Å². The van der Waals surface area contributed by atoms with Gasteiger partial charge in [-0.25, -0.2) is 8.42 Å². The van der Waals surface area contributed by atoms with Crippen molar-refractivity contribution in [2.45, 2.75) is 31.5 Å². The van der Waals surface area contributed by atoms with E-state index in [0.717, 1.165) is 0 Å². The van der Waals surface area contributed by atoms with Crippen LogP contribution in [0, 0.1) is 0 Å². The number of nitrogens with two attached hydrogens (primary N) is 1. The summed E-state index contributed by atoms with van der Waals surface area (Å²) in [5.74, 6) is 0. The average molecular weight is 276 g/mol. The molecular weight excluding hydrogens is 256 g/mol. The third kappa shape index (κ3) is 3.08. The summed E-state index contributed by atoms with van der Waals surface area (Å²) in [6.45, 7) is 4.38. The van der Waals surface area contributed by atoms with Gasteiger partial charge in [-0.15, -0.1) is 0 Å². The van der Waals surface area contributed by atoms with Gasteiger partial charge >= 0.3 is 0 Å². The maximum atomic E-state index is 12.5. The van der Waals surface area contributed by atoms with E-state index in [-0.39, 0.29) is 17.6 Å². The molecule has 0 bridgehead atoms. The first-order valence-electron chi connectivity index (χ1n) is 5.68. The van der Waals surface area contributed by atoms with Gasteiger partial charge in [-0.05, 0) is 13.8 Å². The number of aromatic amines is 1. The minimum absolute atomic E-state index is 0.0646. The van der Waals surface area contributed by atoms with E-state index in [1.54, 1.807) is 0 Å². The summed E-state index contributed by atoms with van der Waals surface area (Å²) in [5.41, 5.74) is 5.98. The second-order valence-electron chi connectivity index (χ2n) is 4.13. The Kier molecular flexibility index (Phi) is 5.27. The van der Waals surface area contributed by atoms with Gasteiger partial charge in [-0.2, -0.15) is 9.40 Å². The van der Waals surface area contributed by atoms with Crippen LogP contribution in [-0.4, -0.2) is 49.2 Å². The van der Waals surface area contributed by atoms with Gasteiger partial charge in [0.25, 0.3) is 10.0 Å². The van der Waals surface area contributed by atoms with Crippen LogP contribution in [-0.2, 0) is 21.3 Å². The van der Waals surface area contributed by atoms with Crippen LogP contribution in [0.5, 0.6) is 0 Å². The molecule has 0 saturated heterocycles. The number of nitrogens with one attached hydrogen (secondary N) is 1. The molecule has 0 saturated carbocycles. The number of methoxy groups -OCH3 is 1. The van der Waals surface area contributed by atoms with Gasteiger partial charge in [0.05, 0.1) is 12.8 Å². The van der Waals surface area contributed by atoms with Crippen LogP contribution in [0.3, 0.4) is 0 Å². The van der Waals surface area contributed by atoms with Crippen molar-refractivity contribution in [3.05, 3.63) is 11.8 Å². The average Bonchev–Trinajstić information content (AvgIpc) is 2.77. The van der Waals surface area contributed by atoms with Gasteiger partial charge in [-0.1, -0.05) is 0 Å². The molecule has 3 N–H and O–H groups in total. The first-order valence-corrected chi connectivity index (χ1v) is 7.12. The fourth-order valence-corrected chi connectivity index (χ4v) is 3.36. The Labute approximate surface area is 107 Å². The van der Waals surface area contributed by atoms with Crippen LogP contribution in [0.2, 0.25) is 0 Å². The summed E-state index contributed by atoms with van der Waals surface area (Å²) in [6.07, 6.45) is 1.43. The van der Waals surface area contributed by atoms with Crippen LogP contribution in [0.15, 0.2) is 11.2 Å². The molecule has 0 atom stereocenters. The van der Waals surface area contributed by atoms with Crippen molar-refractivity contribution in [3.63, 3.8) is 0 Å². The van der Waals surface area contributed by atoms with Crippen LogP contribution >= 0.6 is 0 Å². The molecular formula is C10H20N4O3S. The van der Waals surface area contributed by atoms with E-state index in [2.05, 4.69) is 10.2 Å². The molecule has 0 spiro atoms. The molecule has 8 heteroatoms.